The zero-order chi connectivity index (χ0) is 8.85. The van der Waals surface area contributed by atoms with E-state index in [1.54, 1.807) is 0 Å². The van der Waals surface area contributed by atoms with Gasteiger partial charge in [-0.15, -0.1) is 0 Å². The molecule has 0 aromatic carbocycles. The van der Waals surface area contributed by atoms with Gasteiger partial charge in [-0.05, 0) is 0 Å². The van der Waals surface area contributed by atoms with Crippen molar-refractivity contribution in [1.82, 2.24) is 4.90 Å². The van der Waals surface area contributed by atoms with E-state index in [2.05, 4.69) is 4.74 Å². The standard InChI is InChI=1S/C6H12N2O3/c1-8(3-5(7)9)6(10)4-11-2/h3-4H2,1-2H3,(H2,7,9). The van der Waals surface area contributed by atoms with E-state index >= 15 is 0 Å². The lowest BCUT2D eigenvalue weighted by molar-refractivity contribution is -0.136. The third kappa shape index (κ3) is 4.32. The van der Waals surface area contributed by atoms with Gasteiger partial charge in [-0.3, -0.25) is 9.59 Å². The molecule has 0 saturated carbocycles. The molecule has 0 aliphatic carbocycles. The van der Waals surface area contributed by atoms with Crippen LogP contribution in [-0.2, 0) is 14.3 Å². The monoisotopic (exact) mass is 160 g/mol. The van der Waals surface area contributed by atoms with Crippen LogP contribution in [-0.4, -0.2) is 44.0 Å². The van der Waals surface area contributed by atoms with Gasteiger partial charge in [0.15, 0.2) is 0 Å². The number of ether oxygens (including phenoxy) is 1. The number of methoxy groups -OCH3 is 1. The van der Waals surface area contributed by atoms with Crippen molar-refractivity contribution in [1.29, 1.82) is 0 Å². The van der Waals surface area contributed by atoms with Crippen LogP contribution in [0.15, 0.2) is 0 Å². The third-order valence-electron chi connectivity index (χ3n) is 1.09. The van der Waals surface area contributed by atoms with Gasteiger partial charge in [0.1, 0.15) is 6.61 Å². The predicted octanol–water partition coefficient (Wildman–Crippen LogP) is -1.42. The van der Waals surface area contributed by atoms with Crippen LogP contribution in [0.2, 0.25) is 0 Å². The van der Waals surface area contributed by atoms with Gasteiger partial charge >= 0.3 is 0 Å². The van der Waals surface area contributed by atoms with Crippen molar-refractivity contribution < 1.29 is 14.3 Å². The Morgan fingerprint density at radius 1 is 1.55 bits per heavy atom. The molecule has 2 N–H and O–H groups in total. The third-order valence-corrected chi connectivity index (χ3v) is 1.09. The van der Waals surface area contributed by atoms with Crippen LogP contribution in [0.25, 0.3) is 0 Å². The van der Waals surface area contributed by atoms with E-state index in [1.807, 2.05) is 0 Å². The molecule has 0 saturated heterocycles. The quantitative estimate of drug-likeness (QED) is 0.548. The summed E-state index contributed by atoms with van der Waals surface area (Å²) in [6, 6.07) is 0. The summed E-state index contributed by atoms with van der Waals surface area (Å²) in [5, 5.41) is 0. The highest BCUT2D eigenvalue weighted by Crippen LogP contribution is 1.83. The van der Waals surface area contributed by atoms with E-state index in [0.29, 0.717) is 0 Å². The van der Waals surface area contributed by atoms with E-state index in [4.69, 9.17) is 5.73 Å². The molecule has 5 nitrogen and oxygen atoms in total. The Hall–Kier alpha value is -1.10. The number of amides is 2. The fraction of sp³-hybridized carbons (Fsp3) is 0.667. The summed E-state index contributed by atoms with van der Waals surface area (Å²) in [7, 11) is 2.90. The smallest absolute Gasteiger partial charge is 0.248 e. The largest absolute Gasteiger partial charge is 0.375 e. The normalized spacial score (nSPS) is 9.27. The molecule has 11 heavy (non-hydrogen) atoms. The number of primary amides is 1. The molecule has 0 rings (SSSR count). The number of nitrogens with zero attached hydrogens (tertiary/aromatic N) is 1. The highest BCUT2D eigenvalue weighted by atomic mass is 16.5. The minimum absolute atomic E-state index is 0.0240. The second kappa shape index (κ2) is 4.68. The van der Waals surface area contributed by atoms with E-state index in [0.717, 1.165) is 0 Å². The van der Waals surface area contributed by atoms with Gasteiger partial charge in [0.05, 0.1) is 6.54 Å². The molecule has 0 aromatic rings. The van der Waals surface area contributed by atoms with Gasteiger partial charge in [-0.25, -0.2) is 0 Å². The summed E-state index contributed by atoms with van der Waals surface area (Å²) in [5.74, 6) is -0.789. The van der Waals surface area contributed by atoms with Gasteiger partial charge in [0.25, 0.3) is 0 Å². The van der Waals surface area contributed by atoms with Crippen LogP contribution in [0.1, 0.15) is 0 Å². The number of likely N-dealkylation sites (N-methyl/N-ethyl adjacent to an activating group) is 1. The summed E-state index contributed by atoms with van der Waals surface area (Å²) < 4.78 is 4.56. The molecular weight excluding hydrogens is 148 g/mol. The van der Waals surface area contributed by atoms with Crippen LogP contribution in [0.5, 0.6) is 0 Å². The van der Waals surface area contributed by atoms with Crippen LogP contribution >= 0.6 is 0 Å². The molecule has 0 aliphatic rings. The van der Waals surface area contributed by atoms with E-state index < -0.39 is 5.91 Å². The lowest BCUT2D eigenvalue weighted by Gasteiger charge is -2.13. The summed E-state index contributed by atoms with van der Waals surface area (Å²) in [6.07, 6.45) is 0. The predicted molar refractivity (Wildman–Crippen MR) is 38.7 cm³/mol. The zero-order valence-electron chi connectivity index (χ0n) is 6.66. The molecule has 64 valence electrons. The molecule has 0 unspecified atom stereocenters. The summed E-state index contributed by atoms with van der Waals surface area (Å²) in [5.41, 5.74) is 4.85. The molecule has 2 amide bonds. The first kappa shape index (κ1) is 9.90. The summed E-state index contributed by atoms with van der Waals surface area (Å²) >= 11 is 0. The minimum atomic E-state index is -0.531. The molecule has 0 bridgehead atoms. The first-order chi connectivity index (χ1) is 5.07. The van der Waals surface area contributed by atoms with Crippen molar-refractivity contribution in [3.8, 4) is 0 Å². The average molecular weight is 160 g/mol. The minimum Gasteiger partial charge on any atom is -0.375 e. The molecule has 0 atom stereocenters. The maximum Gasteiger partial charge on any atom is 0.248 e. The first-order valence-corrected chi connectivity index (χ1v) is 3.09. The maximum atomic E-state index is 10.9. The van der Waals surface area contributed by atoms with Crippen LogP contribution in [0.3, 0.4) is 0 Å². The summed E-state index contributed by atoms with van der Waals surface area (Å²) in [4.78, 5) is 22.4. The number of hydrogen-bond acceptors (Lipinski definition) is 3. The van der Waals surface area contributed by atoms with E-state index in [-0.39, 0.29) is 19.1 Å². The Labute approximate surface area is 65.1 Å². The Balaban J connectivity index is 3.73. The second-order valence-corrected chi connectivity index (χ2v) is 2.15. The molecular formula is C6H12N2O3. The van der Waals surface area contributed by atoms with Crippen molar-refractivity contribution in [2.24, 2.45) is 5.73 Å². The molecule has 5 heteroatoms. The Morgan fingerprint density at radius 3 is 2.45 bits per heavy atom. The molecule has 0 radical (unpaired) electrons. The molecule has 0 aromatic heterocycles. The Morgan fingerprint density at radius 2 is 2.09 bits per heavy atom. The van der Waals surface area contributed by atoms with Gasteiger partial charge in [0, 0.05) is 14.2 Å². The van der Waals surface area contributed by atoms with E-state index in [1.165, 1.54) is 19.1 Å². The fourth-order valence-corrected chi connectivity index (χ4v) is 0.556. The maximum absolute atomic E-state index is 10.9. The molecule has 0 spiro atoms. The second-order valence-electron chi connectivity index (χ2n) is 2.15. The highest BCUT2D eigenvalue weighted by molar-refractivity contribution is 5.84. The zero-order valence-corrected chi connectivity index (χ0v) is 6.66. The first-order valence-electron chi connectivity index (χ1n) is 3.09. The van der Waals surface area contributed by atoms with Crippen molar-refractivity contribution in [3.63, 3.8) is 0 Å². The lowest BCUT2D eigenvalue weighted by atomic mass is 10.5. The number of hydrogen-bond donors (Lipinski definition) is 1. The highest BCUT2D eigenvalue weighted by Gasteiger charge is 2.09. The topological polar surface area (TPSA) is 72.6 Å². The van der Waals surface area contributed by atoms with Crippen LogP contribution in [0, 0.1) is 0 Å². The molecule has 0 heterocycles. The van der Waals surface area contributed by atoms with Gasteiger partial charge < -0.3 is 15.4 Å². The van der Waals surface area contributed by atoms with Crippen molar-refractivity contribution in [3.05, 3.63) is 0 Å². The average Bonchev–Trinajstić information content (AvgIpc) is 1.86. The van der Waals surface area contributed by atoms with Crippen LogP contribution in [0.4, 0.5) is 0 Å². The van der Waals surface area contributed by atoms with Gasteiger partial charge in [-0.1, -0.05) is 0 Å². The van der Waals surface area contributed by atoms with Crippen molar-refractivity contribution >= 4 is 11.8 Å². The van der Waals surface area contributed by atoms with Crippen molar-refractivity contribution in [2.75, 3.05) is 27.3 Å². The molecule has 0 fully saturated rings. The van der Waals surface area contributed by atoms with Crippen molar-refractivity contribution in [2.45, 2.75) is 0 Å². The SMILES string of the molecule is COCC(=O)N(C)CC(N)=O. The van der Waals surface area contributed by atoms with E-state index in [9.17, 15) is 9.59 Å². The van der Waals surface area contributed by atoms with Gasteiger partial charge in [0.2, 0.25) is 11.8 Å². The number of rotatable bonds is 4. The molecule has 0 aliphatic heterocycles. The fourth-order valence-electron chi connectivity index (χ4n) is 0.556. The number of carbonyl (C=O) groups is 2. The summed E-state index contributed by atoms with van der Waals surface area (Å²) in [6.45, 7) is -0.0913. The number of carbonyl (C=O) groups excluding carboxylic acids is 2. The lowest BCUT2D eigenvalue weighted by Crippen LogP contribution is -2.37. The Bertz CT molecular complexity index is 158. The van der Waals surface area contributed by atoms with Crippen LogP contribution < -0.4 is 5.73 Å². The number of nitrogens with two attached hydrogens (primary N) is 1. The van der Waals surface area contributed by atoms with Gasteiger partial charge in [-0.2, -0.15) is 0 Å². The Kier molecular flexibility index (Phi) is 4.21.